The number of carbonyl (C=O) groups excluding carboxylic acids is 1. The van der Waals surface area contributed by atoms with Crippen molar-refractivity contribution in [2.75, 3.05) is 19.7 Å². The highest BCUT2D eigenvalue weighted by Crippen LogP contribution is 2.02. The zero-order valence-electron chi connectivity index (χ0n) is 9.83. The predicted octanol–water partition coefficient (Wildman–Crippen LogP) is 1.20. The van der Waals surface area contributed by atoms with Gasteiger partial charge in [0.05, 0.1) is 6.10 Å². The Bertz CT molecular complexity index is 191. The molecule has 1 heterocycles. The van der Waals surface area contributed by atoms with Crippen molar-refractivity contribution in [2.24, 2.45) is 0 Å². The van der Waals surface area contributed by atoms with Crippen LogP contribution in [0.2, 0.25) is 0 Å². The molecule has 0 aromatic carbocycles. The van der Waals surface area contributed by atoms with Gasteiger partial charge in [-0.25, -0.2) is 8.78 Å². The van der Waals surface area contributed by atoms with Gasteiger partial charge in [0.1, 0.15) is 12.2 Å². The summed E-state index contributed by atoms with van der Waals surface area (Å²) in [7, 11) is 0. The molecule has 0 atom stereocenters. The van der Waals surface area contributed by atoms with Crippen molar-refractivity contribution in [2.45, 2.75) is 38.9 Å². The fourth-order valence-electron chi connectivity index (χ4n) is 0.733. The maximum atomic E-state index is 11.4. The third-order valence-corrected chi connectivity index (χ3v) is 1.60. The van der Waals surface area contributed by atoms with Crippen LogP contribution in [-0.4, -0.2) is 44.3 Å². The van der Waals surface area contributed by atoms with E-state index in [1.807, 2.05) is 20.8 Å². The lowest BCUT2D eigenvalue weighted by molar-refractivity contribution is -0.138. The highest BCUT2D eigenvalue weighted by molar-refractivity contribution is 5.37. The van der Waals surface area contributed by atoms with Crippen LogP contribution in [0, 0.1) is 0 Å². The van der Waals surface area contributed by atoms with Gasteiger partial charge in [0.25, 0.3) is 12.9 Å². The van der Waals surface area contributed by atoms with E-state index in [0.29, 0.717) is 19.6 Å². The van der Waals surface area contributed by atoms with Gasteiger partial charge in [-0.2, -0.15) is 0 Å². The van der Waals surface area contributed by atoms with Gasteiger partial charge in [-0.1, -0.05) is 0 Å². The predicted molar refractivity (Wildman–Crippen MR) is 55.5 cm³/mol. The molecule has 0 radical (unpaired) electrons. The van der Waals surface area contributed by atoms with Gasteiger partial charge in [-0.05, 0) is 20.8 Å². The Kier molecular flexibility index (Phi) is 7.16. The normalized spacial score (nSPS) is 16.1. The molecule has 0 bridgehead atoms. The quantitative estimate of drug-likeness (QED) is 0.749. The van der Waals surface area contributed by atoms with Crippen LogP contribution in [0.5, 0.6) is 0 Å². The summed E-state index contributed by atoms with van der Waals surface area (Å²) < 4.78 is 32.1. The van der Waals surface area contributed by atoms with Gasteiger partial charge in [-0.15, -0.1) is 0 Å². The minimum absolute atomic E-state index is 0.0269. The van der Waals surface area contributed by atoms with Gasteiger partial charge in [0, 0.05) is 13.1 Å². The van der Waals surface area contributed by atoms with Gasteiger partial charge in [0.15, 0.2) is 0 Å². The van der Waals surface area contributed by atoms with Crippen LogP contribution in [0.1, 0.15) is 20.8 Å². The molecule has 1 fully saturated rings. The Morgan fingerprint density at radius 2 is 2.00 bits per heavy atom. The molecule has 4 nitrogen and oxygen atoms in total. The molecule has 0 spiro atoms. The molecule has 0 saturated carbocycles. The average Bonchev–Trinajstić information content (AvgIpc) is 1.98. The maximum absolute atomic E-state index is 11.4. The smallest absolute Gasteiger partial charge is 0.293 e. The molecule has 1 N–H and O–H groups in total. The lowest BCUT2D eigenvalue weighted by Crippen LogP contribution is -2.48. The average molecular weight is 239 g/mol. The van der Waals surface area contributed by atoms with Crippen molar-refractivity contribution in [3.63, 3.8) is 0 Å². The number of carbonyl (C=O) groups is 1. The van der Waals surface area contributed by atoms with Gasteiger partial charge >= 0.3 is 0 Å². The second kappa shape index (κ2) is 7.51. The SMILES string of the molecule is CC(C)(C)OC=O.FC(F)COC1CNC1. The van der Waals surface area contributed by atoms with Crippen molar-refractivity contribution >= 4 is 6.47 Å². The Balaban J connectivity index is 0.000000293. The first-order valence-corrected chi connectivity index (χ1v) is 5.07. The van der Waals surface area contributed by atoms with Crippen molar-refractivity contribution < 1.29 is 23.0 Å². The maximum Gasteiger partial charge on any atom is 0.293 e. The second-order valence-corrected chi connectivity index (χ2v) is 4.33. The molecule has 0 unspecified atom stereocenters. The van der Waals surface area contributed by atoms with Crippen LogP contribution in [0.25, 0.3) is 0 Å². The van der Waals surface area contributed by atoms with Gasteiger partial charge < -0.3 is 14.8 Å². The molecule has 1 rings (SSSR count). The molecule has 1 aliphatic rings. The molecular weight excluding hydrogens is 220 g/mol. The highest BCUT2D eigenvalue weighted by Gasteiger charge is 2.18. The summed E-state index contributed by atoms with van der Waals surface area (Å²) in [5.41, 5.74) is -0.318. The topological polar surface area (TPSA) is 47.6 Å². The summed E-state index contributed by atoms with van der Waals surface area (Å²) in [6.45, 7) is 6.93. The van der Waals surface area contributed by atoms with Crippen LogP contribution < -0.4 is 5.32 Å². The van der Waals surface area contributed by atoms with Crippen molar-refractivity contribution in [1.29, 1.82) is 0 Å². The van der Waals surface area contributed by atoms with E-state index in [1.165, 1.54) is 0 Å². The summed E-state index contributed by atoms with van der Waals surface area (Å²) in [6.07, 6.45) is -2.30. The molecule has 6 heteroatoms. The molecule has 0 aromatic heterocycles. The number of hydrogen-bond acceptors (Lipinski definition) is 4. The Morgan fingerprint density at radius 3 is 2.19 bits per heavy atom. The summed E-state index contributed by atoms with van der Waals surface area (Å²) >= 11 is 0. The lowest BCUT2D eigenvalue weighted by Gasteiger charge is -2.26. The first kappa shape index (κ1) is 15.2. The van der Waals surface area contributed by atoms with Crippen molar-refractivity contribution in [1.82, 2.24) is 5.32 Å². The summed E-state index contributed by atoms with van der Waals surface area (Å²) in [5, 5.41) is 2.92. The molecular formula is C10H19F2NO3. The fourth-order valence-corrected chi connectivity index (χ4v) is 0.733. The molecule has 1 saturated heterocycles. The number of nitrogens with one attached hydrogen (secondary N) is 1. The standard InChI is InChI=1S/C5H9F2NO.C5H10O2/c6-5(7)3-9-4-1-8-2-4;1-5(2,3)7-4-6/h4-5,8H,1-3H2;4H,1-3H3. The third kappa shape index (κ3) is 9.79. The first-order chi connectivity index (χ1) is 7.35. The third-order valence-electron chi connectivity index (χ3n) is 1.60. The van der Waals surface area contributed by atoms with Gasteiger partial charge in [0.2, 0.25) is 0 Å². The van der Waals surface area contributed by atoms with E-state index in [1.54, 1.807) is 0 Å². The fraction of sp³-hybridized carbons (Fsp3) is 0.900. The van der Waals surface area contributed by atoms with Crippen LogP contribution >= 0.6 is 0 Å². The highest BCUT2D eigenvalue weighted by atomic mass is 19.3. The lowest BCUT2D eigenvalue weighted by atomic mass is 10.2. The van der Waals surface area contributed by atoms with Crippen LogP contribution in [0.4, 0.5) is 8.78 Å². The molecule has 1 aliphatic heterocycles. The summed E-state index contributed by atoms with van der Waals surface area (Å²) in [5.74, 6) is 0. The first-order valence-electron chi connectivity index (χ1n) is 5.07. The van der Waals surface area contributed by atoms with E-state index in [-0.39, 0.29) is 11.7 Å². The van der Waals surface area contributed by atoms with Crippen LogP contribution in [0.3, 0.4) is 0 Å². The second-order valence-electron chi connectivity index (χ2n) is 4.33. The zero-order chi connectivity index (χ0) is 12.6. The largest absolute Gasteiger partial charge is 0.462 e. The molecule has 0 amide bonds. The number of rotatable bonds is 4. The van der Waals surface area contributed by atoms with Crippen molar-refractivity contribution in [3.05, 3.63) is 0 Å². The Hall–Kier alpha value is -0.750. The molecule has 0 aliphatic carbocycles. The number of ether oxygens (including phenoxy) is 2. The number of hydrogen-bond donors (Lipinski definition) is 1. The van der Waals surface area contributed by atoms with Gasteiger partial charge in [-0.3, -0.25) is 4.79 Å². The number of halogens is 2. The van der Waals surface area contributed by atoms with E-state index < -0.39 is 13.0 Å². The van der Waals surface area contributed by atoms with Crippen molar-refractivity contribution in [3.8, 4) is 0 Å². The monoisotopic (exact) mass is 239 g/mol. The van der Waals surface area contributed by atoms with E-state index >= 15 is 0 Å². The van der Waals surface area contributed by atoms with Crippen LogP contribution in [0.15, 0.2) is 0 Å². The van der Waals surface area contributed by atoms with E-state index in [0.717, 1.165) is 0 Å². The van der Waals surface area contributed by atoms with Crippen LogP contribution in [-0.2, 0) is 14.3 Å². The van der Waals surface area contributed by atoms with E-state index in [9.17, 15) is 13.6 Å². The van der Waals surface area contributed by atoms with E-state index in [2.05, 4.69) is 10.1 Å². The summed E-state index contributed by atoms with van der Waals surface area (Å²) in [4.78, 5) is 9.60. The molecule has 96 valence electrons. The van der Waals surface area contributed by atoms with E-state index in [4.69, 9.17) is 4.74 Å². The Labute approximate surface area is 94.3 Å². The summed E-state index contributed by atoms with van der Waals surface area (Å²) in [6, 6.07) is 0. The minimum Gasteiger partial charge on any atom is -0.462 e. The zero-order valence-corrected chi connectivity index (χ0v) is 9.83. The number of alkyl halides is 2. The molecule has 0 aromatic rings. The Morgan fingerprint density at radius 1 is 1.44 bits per heavy atom. The minimum atomic E-state index is -2.33. The molecule has 16 heavy (non-hydrogen) atoms.